The number of rotatable bonds is 7. The van der Waals surface area contributed by atoms with Crippen molar-refractivity contribution >= 4 is 60.8 Å². The van der Waals surface area contributed by atoms with E-state index in [-0.39, 0.29) is 0 Å². The SMILES string of the molecule is Cc1cc(-c2ccccc2)ccc1N(c1cc(C)c(-c2ccccc2)c(C)c1)c1ccc(-c2ccccc2-n2c3ccccc3c3ccccc32)c2oc3ccccc3c12. The van der Waals surface area contributed by atoms with E-state index in [1.165, 1.54) is 60.8 Å². The third kappa shape index (κ3) is 5.73. The van der Waals surface area contributed by atoms with E-state index < -0.39 is 0 Å². The topological polar surface area (TPSA) is 21.3 Å². The van der Waals surface area contributed by atoms with Crippen LogP contribution in [0.2, 0.25) is 0 Å². The van der Waals surface area contributed by atoms with Crippen LogP contribution >= 0.6 is 0 Å². The van der Waals surface area contributed by atoms with Crippen LogP contribution in [0.1, 0.15) is 16.7 Å². The number of fused-ring (bicyclic) bond motifs is 6. The molecule has 0 aliphatic carbocycles. The zero-order chi connectivity index (χ0) is 40.3. The van der Waals surface area contributed by atoms with Crippen LogP contribution in [0.15, 0.2) is 205 Å². The molecule has 0 unspecified atom stereocenters. The Hall–Kier alpha value is -7.62. The Morgan fingerprint density at radius 1 is 0.417 bits per heavy atom. The van der Waals surface area contributed by atoms with Crippen LogP contribution in [-0.4, -0.2) is 4.57 Å². The van der Waals surface area contributed by atoms with Crippen LogP contribution < -0.4 is 4.90 Å². The number of benzene rings is 9. The molecule has 286 valence electrons. The van der Waals surface area contributed by atoms with Crippen LogP contribution in [-0.2, 0) is 0 Å². The highest BCUT2D eigenvalue weighted by Gasteiger charge is 2.26. The van der Waals surface area contributed by atoms with Gasteiger partial charge in [-0.25, -0.2) is 0 Å². The second-order valence-electron chi connectivity index (χ2n) is 15.8. The predicted octanol–water partition coefficient (Wildman–Crippen LogP) is 16.1. The van der Waals surface area contributed by atoms with Gasteiger partial charge in [0.1, 0.15) is 11.2 Å². The van der Waals surface area contributed by atoms with E-state index in [0.29, 0.717) is 0 Å². The molecule has 0 fully saturated rings. The van der Waals surface area contributed by atoms with Gasteiger partial charge in [-0.15, -0.1) is 0 Å². The third-order valence-electron chi connectivity index (χ3n) is 12.1. The van der Waals surface area contributed by atoms with Crippen molar-refractivity contribution in [1.29, 1.82) is 0 Å². The minimum absolute atomic E-state index is 0.860. The Morgan fingerprint density at radius 3 is 1.67 bits per heavy atom. The molecule has 9 aromatic carbocycles. The molecule has 2 heterocycles. The van der Waals surface area contributed by atoms with Crippen molar-refractivity contribution in [2.24, 2.45) is 0 Å². The molecular formula is C57H42N2O. The van der Waals surface area contributed by atoms with Crippen molar-refractivity contribution in [2.75, 3.05) is 4.90 Å². The Bertz CT molecular complexity index is 3330. The van der Waals surface area contributed by atoms with Gasteiger partial charge in [-0.2, -0.15) is 0 Å². The first-order valence-corrected chi connectivity index (χ1v) is 20.7. The number of nitrogens with zero attached hydrogens (tertiary/aromatic N) is 2. The van der Waals surface area contributed by atoms with Gasteiger partial charge >= 0.3 is 0 Å². The van der Waals surface area contributed by atoms with Crippen molar-refractivity contribution in [1.82, 2.24) is 4.57 Å². The molecule has 0 saturated carbocycles. The standard InChI is InChI=1S/C57H42N2O/c1-37-34-42(40-18-6-4-7-19-40)30-32-49(37)58(43-35-38(2)55(39(3)36-43)41-20-8-5-9-21-41)53-33-31-47(57-56(53)48-25-13-17-29-54(48)60-57)46-24-12-16-28-52(46)59-50-26-14-10-22-44(50)45-23-11-15-27-51(45)59/h4-36H,1-3H3. The van der Waals surface area contributed by atoms with Gasteiger partial charge in [0.05, 0.1) is 27.8 Å². The summed E-state index contributed by atoms with van der Waals surface area (Å²) >= 11 is 0. The number of anilines is 3. The van der Waals surface area contributed by atoms with Gasteiger partial charge in [-0.3, -0.25) is 0 Å². The fourth-order valence-corrected chi connectivity index (χ4v) is 9.54. The molecule has 0 radical (unpaired) electrons. The van der Waals surface area contributed by atoms with Gasteiger partial charge in [0.15, 0.2) is 0 Å². The largest absolute Gasteiger partial charge is 0.455 e. The average molecular weight is 771 g/mol. The Morgan fingerprint density at radius 2 is 0.983 bits per heavy atom. The van der Waals surface area contributed by atoms with Crippen LogP contribution in [0.25, 0.3) is 82.8 Å². The Balaban J connectivity index is 1.18. The summed E-state index contributed by atoms with van der Waals surface area (Å²) < 4.78 is 9.45. The van der Waals surface area contributed by atoms with Crippen LogP contribution in [0.4, 0.5) is 17.1 Å². The molecule has 60 heavy (non-hydrogen) atoms. The van der Waals surface area contributed by atoms with Crippen molar-refractivity contribution in [3.8, 4) is 39.1 Å². The fraction of sp³-hybridized carbons (Fsp3) is 0.0526. The molecule has 2 aromatic heterocycles. The zero-order valence-electron chi connectivity index (χ0n) is 33.9. The highest BCUT2D eigenvalue weighted by Crippen LogP contribution is 2.49. The predicted molar refractivity (Wildman–Crippen MR) is 253 cm³/mol. The van der Waals surface area contributed by atoms with E-state index in [2.05, 4.69) is 230 Å². The minimum atomic E-state index is 0.860. The lowest BCUT2D eigenvalue weighted by Gasteiger charge is -2.30. The van der Waals surface area contributed by atoms with Gasteiger partial charge in [0.25, 0.3) is 0 Å². The fourth-order valence-electron chi connectivity index (χ4n) is 9.54. The summed E-state index contributed by atoms with van der Waals surface area (Å²) in [6.07, 6.45) is 0. The second-order valence-corrected chi connectivity index (χ2v) is 15.8. The lowest BCUT2D eigenvalue weighted by Crippen LogP contribution is -2.13. The van der Waals surface area contributed by atoms with Gasteiger partial charge in [-0.05, 0) is 120 Å². The van der Waals surface area contributed by atoms with Crippen LogP contribution in [0.5, 0.6) is 0 Å². The third-order valence-corrected chi connectivity index (χ3v) is 12.1. The summed E-state index contributed by atoms with van der Waals surface area (Å²) in [5.74, 6) is 0. The number of hydrogen-bond donors (Lipinski definition) is 0. The smallest absolute Gasteiger partial charge is 0.145 e. The number of aryl methyl sites for hydroxylation is 3. The molecule has 3 nitrogen and oxygen atoms in total. The van der Waals surface area contributed by atoms with Gasteiger partial charge in [-0.1, -0.05) is 140 Å². The summed E-state index contributed by atoms with van der Waals surface area (Å²) in [6, 6.07) is 72.1. The normalized spacial score (nSPS) is 11.6. The van der Waals surface area contributed by atoms with Gasteiger partial charge in [0.2, 0.25) is 0 Å². The van der Waals surface area contributed by atoms with E-state index in [4.69, 9.17) is 4.42 Å². The van der Waals surface area contributed by atoms with Crippen molar-refractivity contribution < 1.29 is 4.42 Å². The molecule has 0 bridgehead atoms. The van der Waals surface area contributed by atoms with E-state index >= 15 is 0 Å². The molecule has 11 aromatic rings. The maximum atomic E-state index is 7.04. The molecule has 0 aliphatic heterocycles. The maximum Gasteiger partial charge on any atom is 0.145 e. The van der Waals surface area contributed by atoms with Gasteiger partial charge in [0, 0.05) is 38.7 Å². The Labute approximate surface area is 350 Å². The molecule has 0 saturated heterocycles. The highest BCUT2D eigenvalue weighted by molar-refractivity contribution is 6.18. The van der Waals surface area contributed by atoms with E-state index in [0.717, 1.165) is 55.8 Å². The molecule has 0 spiro atoms. The van der Waals surface area contributed by atoms with Crippen LogP contribution in [0.3, 0.4) is 0 Å². The minimum Gasteiger partial charge on any atom is -0.455 e. The van der Waals surface area contributed by atoms with E-state index in [1.54, 1.807) is 0 Å². The first kappa shape index (κ1) is 35.5. The number of aromatic nitrogens is 1. The summed E-state index contributed by atoms with van der Waals surface area (Å²) in [7, 11) is 0. The summed E-state index contributed by atoms with van der Waals surface area (Å²) in [5.41, 5.74) is 19.1. The van der Waals surface area contributed by atoms with Crippen LogP contribution in [0, 0.1) is 20.8 Å². The van der Waals surface area contributed by atoms with Gasteiger partial charge < -0.3 is 13.9 Å². The van der Waals surface area contributed by atoms with Crippen molar-refractivity contribution in [2.45, 2.75) is 20.8 Å². The molecular weight excluding hydrogens is 729 g/mol. The number of furan rings is 1. The lowest BCUT2D eigenvalue weighted by atomic mass is 9.93. The lowest BCUT2D eigenvalue weighted by molar-refractivity contribution is 0.670. The average Bonchev–Trinajstić information content (AvgIpc) is 3.84. The quantitative estimate of drug-likeness (QED) is 0.161. The van der Waals surface area contributed by atoms with Crippen molar-refractivity contribution in [3.05, 3.63) is 217 Å². The van der Waals surface area contributed by atoms with E-state index in [1.807, 2.05) is 0 Å². The summed E-state index contributed by atoms with van der Waals surface area (Å²) in [5, 5.41) is 4.63. The monoisotopic (exact) mass is 770 g/mol. The Kier molecular flexibility index (Phi) is 8.49. The summed E-state index contributed by atoms with van der Waals surface area (Å²) in [6.45, 7) is 6.70. The number of para-hydroxylation sites is 4. The zero-order valence-corrected chi connectivity index (χ0v) is 33.9. The number of hydrogen-bond acceptors (Lipinski definition) is 2. The molecule has 0 N–H and O–H groups in total. The molecule has 11 rings (SSSR count). The second kappa shape index (κ2) is 14.3. The molecule has 0 aliphatic rings. The first-order valence-electron chi connectivity index (χ1n) is 20.7. The summed E-state index contributed by atoms with van der Waals surface area (Å²) in [4.78, 5) is 2.45. The molecule has 0 amide bonds. The molecule has 3 heteroatoms. The highest BCUT2D eigenvalue weighted by atomic mass is 16.3. The van der Waals surface area contributed by atoms with E-state index in [9.17, 15) is 0 Å². The maximum absolute atomic E-state index is 7.04. The van der Waals surface area contributed by atoms with Crippen molar-refractivity contribution in [3.63, 3.8) is 0 Å². The first-order chi connectivity index (χ1) is 29.5. The molecule has 0 atom stereocenters.